The van der Waals surface area contributed by atoms with Crippen molar-refractivity contribution in [3.8, 4) is 0 Å². The normalized spacial score (nSPS) is 16.3. The first-order chi connectivity index (χ1) is 66.0. The van der Waals surface area contributed by atoms with Gasteiger partial charge in [-0.05, 0) is 355 Å². The lowest BCUT2D eigenvalue weighted by atomic mass is 10.2. The Labute approximate surface area is 859 Å². The van der Waals surface area contributed by atoms with E-state index in [-0.39, 0.29) is 66.2 Å². The summed E-state index contributed by atoms with van der Waals surface area (Å²) < 4.78 is 139. The van der Waals surface area contributed by atoms with Gasteiger partial charge in [-0.1, -0.05) is 18.2 Å². The van der Waals surface area contributed by atoms with Crippen LogP contribution >= 0.6 is 12.4 Å². The van der Waals surface area contributed by atoms with Gasteiger partial charge in [0.15, 0.2) is 0 Å². The summed E-state index contributed by atoms with van der Waals surface area (Å²) in [5, 5.41) is 17.3. The smallest absolute Gasteiger partial charge is 0.407 e. The molecule has 10 rings (SSSR count). The molecule has 6 amide bonds. The van der Waals surface area contributed by atoms with Gasteiger partial charge in [0, 0.05) is 179 Å². The summed E-state index contributed by atoms with van der Waals surface area (Å²) in [6.07, 6.45) is 10.8. The minimum Gasteiger partial charge on any atom is -0.444 e. The van der Waals surface area contributed by atoms with Gasteiger partial charge in [0.1, 0.15) is 5.60 Å². The second-order valence-corrected chi connectivity index (χ2v) is 54.8. The lowest BCUT2D eigenvalue weighted by Gasteiger charge is -2.36. The highest BCUT2D eigenvalue weighted by Crippen LogP contribution is 2.36. The number of nitrogens with one attached hydrogen (secondary N) is 11. The maximum Gasteiger partial charge on any atom is 0.407 e. The fraction of sp³-hybridized carbons (Fsp3) is 0.588. The third-order valence-corrected chi connectivity index (χ3v) is 34.3. The summed E-state index contributed by atoms with van der Waals surface area (Å²) in [6, 6.07) is 46.8. The van der Waals surface area contributed by atoms with Crippen molar-refractivity contribution in [3.05, 3.63) is 151 Å². The number of hydrogen-bond donors (Lipinski definition) is 13. The van der Waals surface area contributed by atoms with Crippen LogP contribution in [0.5, 0.6) is 0 Å². The van der Waals surface area contributed by atoms with Crippen molar-refractivity contribution in [2.45, 2.75) is 308 Å². The zero-order valence-electron chi connectivity index (χ0n) is 87.6. The molecule has 0 aliphatic carbocycles. The van der Waals surface area contributed by atoms with Gasteiger partial charge in [-0.25, -0.2) is 70.5 Å². The number of morpholine rings is 1. The molecule has 0 aromatic heterocycles. The number of benzene rings is 6. The van der Waals surface area contributed by atoms with E-state index in [0.29, 0.717) is 153 Å². The van der Waals surface area contributed by atoms with Crippen molar-refractivity contribution < 1.29 is 80.3 Å². The van der Waals surface area contributed by atoms with E-state index >= 15 is 0 Å². The molecule has 0 bridgehead atoms. The summed E-state index contributed by atoms with van der Waals surface area (Å²) in [5.41, 5.74) is 22.3. The van der Waals surface area contributed by atoms with Gasteiger partial charge in [-0.15, -0.1) is 12.4 Å². The van der Waals surface area contributed by atoms with Gasteiger partial charge in [-0.2, -0.15) is 0 Å². The topological polar surface area (TPSA) is 489 Å². The number of anilines is 11. The third kappa shape index (κ3) is 44.5. The minimum atomic E-state index is -3.36. The molecule has 6 aromatic carbocycles. The quantitative estimate of drug-likeness (QED) is 0.0125. The lowest BCUT2D eigenvalue weighted by Crippen LogP contribution is -2.45. The number of nitrogens with zero attached hydrogens (tertiary/aromatic N) is 4. The van der Waals surface area contributed by atoms with Crippen LogP contribution in [0.15, 0.2) is 146 Å². The van der Waals surface area contributed by atoms with Crippen molar-refractivity contribution in [2.75, 3.05) is 130 Å². The molecule has 35 nitrogen and oxygen atoms in total. The second-order valence-electron chi connectivity index (χ2n) is 42.2. The van der Waals surface area contributed by atoms with Crippen LogP contribution in [0.1, 0.15) is 253 Å². The number of hydrogen-bond acceptors (Lipinski definition) is 24. The van der Waals surface area contributed by atoms with Crippen LogP contribution in [-0.4, -0.2) is 210 Å². The maximum absolute atomic E-state index is 12.2. The van der Waals surface area contributed by atoms with Gasteiger partial charge in [0.2, 0.25) is 79.7 Å². The Kier molecular flexibility index (Phi) is 49.1. The van der Waals surface area contributed by atoms with Crippen LogP contribution in [-0.2, 0) is 90.0 Å². The summed E-state index contributed by atoms with van der Waals surface area (Å²) >= 11 is 0. The maximum atomic E-state index is 12.2. The molecule has 0 spiro atoms. The highest BCUT2D eigenvalue weighted by atomic mass is 35.5. The first kappa shape index (κ1) is 124. The van der Waals surface area contributed by atoms with Gasteiger partial charge in [-0.3, -0.25) is 24.0 Å². The molecule has 802 valence electrons. The number of unbranched alkanes of at least 4 members (excludes halogenated alkanes) is 5. The Hall–Kier alpha value is -9.30. The van der Waals surface area contributed by atoms with Crippen LogP contribution < -0.4 is 86.6 Å². The number of nitrogen functional groups attached to an aromatic ring is 1. The Morgan fingerprint density at radius 1 is 0.357 bits per heavy atom. The van der Waals surface area contributed by atoms with Gasteiger partial charge in [0.25, 0.3) is 0 Å². The Balaban J connectivity index is 0.000000316. The van der Waals surface area contributed by atoms with Crippen LogP contribution in [0.3, 0.4) is 0 Å². The molecule has 41 heteroatoms. The van der Waals surface area contributed by atoms with Crippen LogP contribution in [0.4, 0.5) is 67.4 Å². The van der Waals surface area contributed by atoms with Crippen molar-refractivity contribution >= 4 is 161 Å². The molecular weight excluding hydrogens is 1950 g/mol. The molecule has 4 aliphatic heterocycles. The second kappa shape index (κ2) is 56.6. The number of sulfonamides is 5. The first-order valence-corrected chi connectivity index (χ1v) is 56.6. The highest BCUT2D eigenvalue weighted by Gasteiger charge is 2.35. The fourth-order valence-electron chi connectivity index (χ4n) is 14.4. The number of carbonyl (C=O) groups excluding carboxylic acids is 6. The zero-order chi connectivity index (χ0) is 106. The molecule has 6 aromatic rings. The molecule has 143 heavy (non-hydrogen) atoms. The Morgan fingerprint density at radius 3 is 0.930 bits per heavy atom. The van der Waals surface area contributed by atoms with E-state index in [4.69, 9.17) is 20.9 Å². The lowest BCUT2D eigenvalue weighted by molar-refractivity contribution is -0.117. The average molecular weight is 2110 g/mol. The first-order valence-electron chi connectivity index (χ1n) is 49.2. The molecule has 4 atom stereocenters. The van der Waals surface area contributed by atoms with E-state index in [9.17, 15) is 70.9 Å². The number of nitrogens with two attached hydrogens (primary N) is 2. The number of carbonyl (C=O) groups is 6. The van der Waals surface area contributed by atoms with E-state index < -0.39 is 85.5 Å². The number of amides is 6. The van der Waals surface area contributed by atoms with E-state index in [1.807, 2.05) is 118 Å². The Bertz CT molecular complexity index is 5590. The zero-order valence-corrected chi connectivity index (χ0v) is 92.5. The summed E-state index contributed by atoms with van der Waals surface area (Å²) in [6.45, 7) is 42.2. The van der Waals surface area contributed by atoms with Crippen molar-refractivity contribution in [1.82, 2.24) is 28.9 Å². The standard InChI is InChI=1S/C24H40N4O5S.C23H31N3O3S.C21H35N3O4S.C19H32N4O3S.C15H25N3O3S.ClH/c1-23(2,3)33-22(30)27-19-14-16-28(17-19)20-12-10-18(11-13-20)26-21(29)9-7-8-15-25-34(31,32)24(4,5)6;1-23(2,3)30(28,29)24-16-7-6-10-22(27)25-19-11-13-20(14-12-19)26-17-15-18-8-4-5-9-21(18)26;1-16-14-24(15-17(2)28-16)19-11-9-18(10-12-19)23-20(25)8-6-7-13-22-29(26,27)21(3,4)5;1-19(2,3)27(25,26)21-12-5-4-6-18(24)22-16-7-9-17(10-8-16)23-13-11-15(20)14-23;1-15(2,3)22(20,21)17-11-5-4-6-14(19)18-13-9-7-12(16)8-10-13;/h10-13,19,25H,7-9,14-17H2,1-6H3,(H,26,29)(H,27,30);4-5,8-9,11-14,24H,6-7,10,15-17H2,1-3H3,(H,25,27);9-12,16-17,22H,6-8,13-15H2,1-5H3,(H,23,25);7-10,15,21H,4-6,11-14,20H2,1-3H3,(H,22,24);7-10,17H,4-6,11,16H2,1-3H3,(H,18,19);1H/t;;16-,17+;;;. The van der Waals surface area contributed by atoms with Crippen LogP contribution in [0.25, 0.3) is 0 Å². The monoisotopic (exact) mass is 2110 g/mol. The van der Waals surface area contributed by atoms with Gasteiger partial charge < -0.3 is 72.4 Å². The number of ether oxygens (including phenoxy) is 2. The Morgan fingerprint density at radius 2 is 0.636 bits per heavy atom. The highest BCUT2D eigenvalue weighted by molar-refractivity contribution is 7.92. The minimum absolute atomic E-state index is 0. The van der Waals surface area contributed by atoms with E-state index in [1.165, 1.54) is 11.3 Å². The van der Waals surface area contributed by atoms with Crippen molar-refractivity contribution in [2.24, 2.45) is 5.73 Å². The number of alkyl carbamates (subject to hydrolysis) is 1. The predicted octanol–water partition coefficient (Wildman–Crippen LogP) is 15.5. The molecular formula is C102H164ClN17O18S5. The van der Waals surface area contributed by atoms with Crippen molar-refractivity contribution in [1.29, 1.82) is 0 Å². The van der Waals surface area contributed by atoms with E-state index in [1.54, 1.807) is 128 Å². The largest absolute Gasteiger partial charge is 0.444 e. The van der Waals surface area contributed by atoms with E-state index in [0.717, 1.165) is 98.3 Å². The summed E-state index contributed by atoms with van der Waals surface area (Å²) in [7, 11) is -16.7. The molecule has 15 N–H and O–H groups in total. The SMILES string of the molecule is CC(C)(C)OC(=O)NC1CCN(c2ccc(NC(=O)CCCCNS(=O)(=O)C(C)(C)C)cc2)C1.CC(C)(C)S(=O)(=O)NCCCCC(=O)Nc1ccc(N)cc1.CC(C)(C)S(=O)(=O)NCCCCC(=O)Nc1ccc(N2CCC(N)C2)cc1.CC(C)(C)S(=O)(=O)NCCCCC(=O)Nc1ccc(N2CCc3ccccc32)cc1.C[C@@H]1CN(c2ccc(NC(=O)CCCCNS(=O)(=O)C(C)(C)C)cc2)C[C@H](C)O1.Cl. The average Bonchev–Trinajstić information content (AvgIpc) is 1.66. The molecule has 0 saturated carbocycles. The summed E-state index contributed by atoms with van der Waals surface area (Å²) in [5.74, 6) is -0.389. The molecule has 3 fully saturated rings. The number of halogens is 1. The third-order valence-electron chi connectivity index (χ3n) is 23.3. The fourth-order valence-corrected chi connectivity index (χ4v) is 18.7. The predicted molar refractivity (Wildman–Crippen MR) is 584 cm³/mol. The number of para-hydroxylation sites is 1. The summed E-state index contributed by atoms with van der Waals surface area (Å²) in [4.78, 5) is 81.3. The molecule has 4 aliphatic rings. The van der Waals surface area contributed by atoms with E-state index in [2.05, 4.69) is 113 Å². The van der Waals surface area contributed by atoms with Crippen molar-refractivity contribution in [3.63, 3.8) is 0 Å². The van der Waals surface area contributed by atoms with Gasteiger partial charge >= 0.3 is 6.09 Å². The number of rotatable bonds is 40. The van der Waals surface area contributed by atoms with Gasteiger partial charge in [0.05, 0.1) is 42.0 Å². The van der Waals surface area contributed by atoms with Crippen LogP contribution in [0, 0.1) is 0 Å². The molecule has 0 radical (unpaired) electrons. The molecule has 3 saturated heterocycles. The number of fused-ring (bicyclic) bond motifs is 1. The van der Waals surface area contributed by atoms with Crippen LogP contribution in [0.2, 0.25) is 0 Å². The molecule has 2 unspecified atom stereocenters. The molecule has 4 heterocycles.